The molecule has 66 valence electrons. The number of esters is 1. The third-order valence-electron chi connectivity index (χ3n) is 1.66. The van der Waals surface area contributed by atoms with Crippen LogP contribution in [0.1, 0.15) is 12.8 Å². The molecule has 1 rings (SSSR count). The molecule has 1 atom stereocenters. The fourth-order valence-electron chi connectivity index (χ4n) is 1.03. The number of methoxy groups -OCH3 is 1. The zero-order valence-corrected chi connectivity index (χ0v) is 6.87. The Morgan fingerprint density at radius 2 is 2.42 bits per heavy atom. The van der Waals surface area contributed by atoms with Gasteiger partial charge in [0.25, 0.3) is 0 Å². The van der Waals surface area contributed by atoms with Gasteiger partial charge in [-0.3, -0.25) is 4.79 Å². The van der Waals surface area contributed by atoms with Crippen molar-refractivity contribution < 1.29 is 14.3 Å². The Labute approximate surface area is 70.6 Å². The minimum atomic E-state index is -0.513. The molecule has 4 nitrogen and oxygen atoms in total. The Hall–Kier alpha value is -1.32. The zero-order chi connectivity index (χ0) is 8.97. The van der Waals surface area contributed by atoms with Gasteiger partial charge in [0.2, 0.25) is 5.91 Å². The molecule has 0 aromatic carbocycles. The van der Waals surface area contributed by atoms with Crippen LogP contribution in [0.3, 0.4) is 0 Å². The first kappa shape index (κ1) is 8.77. The van der Waals surface area contributed by atoms with Crippen LogP contribution in [-0.4, -0.2) is 25.0 Å². The van der Waals surface area contributed by atoms with Crippen molar-refractivity contribution in [3.8, 4) is 0 Å². The van der Waals surface area contributed by atoms with Gasteiger partial charge < -0.3 is 10.1 Å². The van der Waals surface area contributed by atoms with Crippen molar-refractivity contribution in [3.63, 3.8) is 0 Å². The lowest BCUT2D eigenvalue weighted by atomic mass is 10.2. The van der Waals surface area contributed by atoms with Crippen LogP contribution in [0.15, 0.2) is 12.2 Å². The summed E-state index contributed by atoms with van der Waals surface area (Å²) in [6, 6.07) is -0.513. The molecule has 0 aromatic rings. The summed E-state index contributed by atoms with van der Waals surface area (Å²) in [5.74, 6) is -0.533. The molecule has 1 heterocycles. The fourth-order valence-corrected chi connectivity index (χ4v) is 1.03. The number of nitrogens with one attached hydrogen (secondary N) is 1. The van der Waals surface area contributed by atoms with Gasteiger partial charge in [-0.2, -0.15) is 0 Å². The van der Waals surface area contributed by atoms with E-state index in [0.29, 0.717) is 12.8 Å². The summed E-state index contributed by atoms with van der Waals surface area (Å²) in [4.78, 5) is 21.9. The number of carbonyl (C=O) groups is 2. The average molecular weight is 169 g/mol. The van der Waals surface area contributed by atoms with Gasteiger partial charge in [0, 0.05) is 6.42 Å². The monoisotopic (exact) mass is 169 g/mol. The smallest absolute Gasteiger partial charge is 0.328 e. The minimum Gasteiger partial charge on any atom is -0.467 e. The van der Waals surface area contributed by atoms with Crippen LogP contribution in [-0.2, 0) is 14.3 Å². The maximum atomic E-state index is 11.0. The number of ether oxygens (including phenoxy) is 1. The molecule has 0 fully saturated rings. The van der Waals surface area contributed by atoms with Gasteiger partial charge in [0.15, 0.2) is 0 Å². The second-order valence-corrected chi connectivity index (χ2v) is 2.55. The van der Waals surface area contributed by atoms with Crippen LogP contribution in [0.25, 0.3) is 0 Å². The fraction of sp³-hybridized carbons (Fsp3) is 0.500. The summed E-state index contributed by atoms with van der Waals surface area (Å²) in [6.07, 6.45) is 4.41. The van der Waals surface area contributed by atoms with E-state index in [2.05, 4.69) is 10.1 Å². The second kappa shape index (κ2) is 3.90. The Morgan fingerprint density at radius 3 is 3.08 bits per heavy atom. The van der Waals surface area contributed by atoms with E-state index in [1.165, 1.54) is 7.11 Å². The van der Waals surface area contributed by atoms with Crippen molar-refractivity contribution >= 4 is 11.9 Å². The highest BCUT2D eigenvalue weighted by atomic mass is 16.5. The third-order valence-corrected chi connectivity index (χ3v) is 1.66. The lowest BCUT2D eigenvalue weighted by Gasteiger charge is -2.11. The van der Waals surface area contributed by atoms with Crippen molar-refractivity contribution in [2.24, 2.45) is 0 Å². The third kappa shape index (κ3) is 2.08. The van der Waals surface area contributed by atoms with E-state index < -0.39 is 12.0 Å². The van der Waals surface area contributed by atoms with E-state index in [1.54, 1.807) is 12.2 Å². The van der Waals surface area contributed by atoms with E-state index in [9.17, 15) is 9.59 Å². The van der Waals surface area contributed by atoms with E-state index >= 15 is 0 Å². The van der Waals surface area contributed by atoms with Crippen molar-refractivity contribution in [2.45, 2.75) is 18.9 Å². The molecule has 1 N–H and O–H groups in total. The van der Waals surface area contributed by atoms with Crippen molar-refractivity contribution in [1.82, 2.24) is 5.32 Å². The largest absolute Gasteiger partial charge is 0.467 e. The quantitative estimate of drug-likeness (QED) is 0.444. The van der Waals surface area contributed by atoms with Crippen LogP contribution in [0.5, 0.6) is 0 Å². The molecule has 1 unspecified atom stereocenters. The van der Waals surface area contributed by atoms with Crippen molar-refractivity contribution in [1.29, 1.82) is 0 Å². The van der Waals surface area contributed by atoms with E-state index in [0.717, 1.165) is 0 Å². The molecule has 0 aromatic heterocycles. The summed E-state index contributed by atoms with van der Waals surface area (Å²) in [7, 11) is 1.31. The molecule has 12 heavy (non-hydrogen) atoms. The second-order valence-electron chi connectivity index (χ2n) is 2.55. The van der Waals surface area contributed by atoms with Crippen LogP contribution in [0.2, 0.25) is 0 Å². The molecule has 1 amide bonds. The van der Waals surface area contributed by atoms with E-state index in [4.69, 9.17) is 0 Å². The first-order chi connectivity index (χ1) is 5.74. The Bertz CT molecular complexity index is 222. The Kier molecular flexibility index (Phi) is 2.85. The lowest BCUT2D eigenvalue weighted by molar-refractivity contribution is -0.144. The van der Waals surface area contributed by atoms with Gasteiger partial charge in [-0.15, -0.1) is 0 Å². The van der Waals surface area contributed by atoms with Crippen LogP contribution in [0, 0.1) is 0 Å². The normalized spacial score (nSPS) is 22.8. The van der Waals surface area contributed by atoms with Crippen LogP contribution >= 0.6 is 0 Å². The maximum Gasteiger partial charge on any atom is 0.328 e. The molecule has 1 aliphatic rings. The summed E-state index contributed by atoms with van der Waals surface area (Å²) >= 11 is 0. The number of carbonyl (C=O) groups excluding carboxylic acids is 2. The highest BCUT2D eigenvalue weighted by Gasteiger charge is 2.20. The maximum absolute atomic E-state index is 11.0. The minimum absolute atomic E-state index is 0.140. The standard InChI is InChI=1S/C8H11NO3/c1-12-8(11)6-4-2-3-5-7(10)9-6/h2-3,6H,4-5H2,1H3,(H,9,10). The van der Waals surface area contributed by atoms with Gasteiger partial charge in [0.05, 0.1) is 7.11 Å². The van der Waals surface area contributed by atoms with Gasteiger partial charge in [-0.1, -0.05) is 12.2 Å². The van der Waals surface area contributed by atoms with E-state index in [-0.39, 0.29) is 5.91 Å². The summed E-state index contributed by atoms with van der Waals surface area (Å²) in [6.45, 7) is 0. The Balaban J connectivity index is 2.59. The van der Waals surface area contributed by atoms with Gasteiger partial charge in [0.1, 0.15) is 6.04 Å². The average Bonchev–Trinajstić information content (AvgIpc) is 2.28. The molecule has 4 heteroatoms. The predicted molar refractivity (Wildman–Crippen MR) is 42.3 cm³/mol. The van der Waals surface area contributed by atoms with Crippen molar-refractivity contribution in [3.05, 3.63) is 12.2 Å². The lowest BCUT2D eigenvalue weighted by Crippen LogP contribution is -2.39. The molecule has 1 aliphatic heterocycles. The van der Waals surface area contributed by atoms with Crippen molar-refractivity contribution in [2.75, 3.05) is 7.11 Å². The molecule has 0 saturated heterocycles. The molecule has 0 bridgehead atoms. The number of hydrogen-bond donors (Lipinski definition) is 1. The molecular formula is C8H11NO3. The van der Waals surface area contributed by atoms with Gasteiger partial charge >= 0.3 is 5.97 Å². The molecular weight excluding hydrogens is 158 g/mol. The molecule has 0 radical (unpaired) electrons. The summed E-state index contributed by atoms with van der Waals surface area (Å²) in [5, 5.41) is 2.55. The predicted octanol–water partition coefficient (Wildman–Crippen LogP) is -0.00580. The summed E-state index contributed by atoms with van der Waals surface area (Å²) < 4.78 is 4.51. The number of hydrogen-bond acceptors (Lipinski definition) is 3. The van der Waals surface area contributed by atoms with Gasteiger partial charge in [-0.05, 0) is 6.42 Å². The Morgan fingerprint density at radius 1 is 1.67 bits per heavy atom. The topological polar surface area (TPSA) is 55.4 Å². The molecule has 0 aliphatic carbocycles. The first-order valence-electron chi connectivity index (χ1n) is 3.76. The van der Waals surface area contributed by atoms with E-state index in [1.807, 2.05) is 0 Å². The highest BCUT2D eigenvalue weighted by Crippen LogP contribution is 2.02. The van der Waals surface area contributed by atoms with Gasteiger partial charge in [-0.25, -0.2) is 4.79 Å². The van der Waals surface area contributed by atoms with Crippen LogP contribution in [0.4, 0.5) is 0 Å². The SMILES string of the molecule is COC(=O)C1CC=CCC(=O)N1. The molecule has 0 saturated carbocycles. The number of amides is 1. The number of rotatable bonds is 1. The van der Waals surface area contributed by atoms with Crippen LogP contribution < -0.4 is 5.32 Å². The summed E-state index contributed by atoms with van der Waals surface area (Å²) in [5.41, 5.74) is 0. The zero-order valence-electron chi connectivity index (χ0n) is 6.87. The highest BCUT2D eigenvalue weighted by molar-refractivity contribution is 5.85. The first-order valence-corrected chi connectivity index (χ1v) is 3.76. The molecule has 0 spiro atoms.